The number of hydrogen-bond acceptors (Lipinski definition) is 9. The molecule has 5 aromatic carbocycles. The van der Waals surface area contributed by atoms with Gasteiger partial charge in [0, 0.05) is 97.9 Å². The number of halogens is 4. The number of H-pyrrole nitrogens is 1. The molecule has 0 spiro atoms. The van der Waals surface area contributed by atoms with Crippen LogP contribution in [0.25, 0.3) is 21.8 Å². The number of aryl methyl sites for hydroxylation is 2. The first-order valence-corrected chi connectivity index (χ1v) is 22.8. The van der Waals surface area contributed by atoms with Crippen molar-refractivity contribution in [1.29, 1.82) is 0 Å². The predicted molar refractivity (Wildman–Crippen MR) is 242 cm³/mol. The number of anilines is 2. The molecule has 2 unspecified atom stereocenters. The minimum atomic E-state index is -3.86. The van der Waals surface area contributed by atoms with Gasteiger partial charge in [-0.05, 0) is 109 Å². The molecule has 0 aliphatic carbocycles. The van der Waals surface area contributed by atoms with Gasteiger partial charge < -0.3 is 24.6 Å². The van der Waals surface area contributed by atoms with Gasteiger partial charge in [-0.25, -0.2) is 30.0 Å². The zero-order valence-electron chi connectivity index (χ0n) is 36.3. The number of aromatic nitrogens is 2. The molecular formula is C50H42F4N4O9S. The first-order chi connectivity index (χ1) is 32.4. The molecule has 2 fully saturated rings. The Morgan fingerprint density at radius 1 is 0.676 bits per heavy atom. The fraction of sp³-hybridized carbons (Fsp3) is 0.220. The summed E-state index contributed by atoms with van der Waals surface area (Å²) in [4.78, 5) is 70.1. The number of carbonyl (C=O) groups excluding carboxylic acids is 5. The molecule has 2 saturated heterocycles. The largest absolute Gasteiger partial charge is 0.441 e. The number of aliphatic hydroxyl groups is 1. The SMILES string of the molecule is CC(=O)OC1(C(=O)CCc2cc(F)cc(F)c2)CCN(c2ccc3c(ccn3S(=O)(=O)c3ccccc3)c2)C1=O.O=C(CCc1cc(F)cc(F)c1)C1(O)CCN(c2ccc3[nH]ccc3c2)C1=O. The molecule has 0 radical (unpaired) electrons. The third kappa shape index (κ3) is 9.28. The van der Waals surface area contributed by atoms with Crippen LogP contribution in [0.1, 0.15) is 43.7 Å². The quantitative estimate of drug-likeness (QED) is 0.0673. The van der Waals surface area contributed by atoms with Gasteiger partial charge in [-0.15, -0.1) is 0 Å². The Morgan fingerprint density at radius 3 is 1.85 bits per heavy atom. The highest BCUT2D eigenvalue weighted by atomic mass is 32.2. The van der Waals surface area contributed by atoms with E-state index < -0.39 is 73.8 Å². The van der Waals surface area contributed by atoms with Gasteiger partial charge in [-0.3, -0.25) is 24.0 Å². The molecular weight excluding hydrogens is 909 g/mol. The number of rotatable bonds is 13. The Kier molecular flexibility index (Phi) is 12.9. The molecule has 4 heterocycles. The van der Waals surface area contributed by atoms with Crippen LogP contribution in [0.2, 0.25) is 0 Å². The van der Waals surface area contributed by atoms with Gasteiger partial charge in [0.1, 0.15) is 23.3 Å². The fourth-order valence-corrected chi connectivity index (χ4v) is 10.0. The third-order valence-corrected chi connectivity index (χ3v) is 13.7. The van der Waals surface area contributed by atoms with Gasteiger partial charge in [0.2, 0.25) is 11.2 Å². The topological polar surface area (TPSA) is 176 Å². The summed E-state index contributed by atoms with van der Waals surface area (Å²) in [6.45, 7) is 1.36. The van der Waals surface area contributed by atoms with E-state index in [4.69, 9.17) is 4.74 Å². The number of Topliss-reactive ketones (excluding diaryl/α,β-unsaturated/α-hetero) is 2. The van der Waals surface area contributed by atoms with Crippen molar-refractivity contribution in [2.24, 2.45) is 0 Å². The van der Waals surface area contributed by atoms with Gasteiger partial charge in [0.25, 0.3) is 21.8 Å². The monoisotopic (exact) mass is 950 g/mol. The smallest absolute Gasteiger partial charge is 0.304 e. The number of amides is 2. The Hall–Kier alpha value is -7.44. The molecule has 18 heteroatoms. The average molecular weight is 951 g/mol. The van der Waals surface area contributed by atoms with Crippen LogP contribution in [-0.4, -0.2) is 76.1 Å². The summed E-state index contributed by atoms with van der Waals surface area (Å²) in [6.07, 6.45) is 2.60. The highest BCUT2D eigenvalue weighted by molar-refractivity contribution is 7.90. The summed E-state index contributed by atoms with van der Waals surface area (Å²) in [5, 5.41) is 12.2. The van der Waals surface area contributed by atoms with E-state index in [0.717, 1.165) is 52.1 Å². The number of nitrogens with zero attached hydrogens (tertiary/aromatic N) is 3. The lowest BCUT2D eigenvalue weighted by Gasteiger charge is -2.26. The number of aromatic amines is 1. The summed E-state index contributed by atoms with van der Waals surface area (Å²) >= 11 is 0. The van der Waals surface area contributed by atoms with Crippen molar-refractivity contribution in [2.45, 2.75) is 61.5 Å². The molecule has 7 aromatic rings. The molecule has 2 aliphatic rings. The molecule has 2 aliphatic heterocycles. The molecule has 0 saturated carbocycles. The summed E-state index contributed by atoms with van der Waals surface area (Å²) in [6, 6.07) is 27.5. The van der Waals surface area contributed by atoms with Crippen LogP contribution in [0.15, 0.2) is 133 Å². The van der Waals surface area contributed by atoms with Crippen LogP contribution in [0.3, 0.4) is 0 Å². The second-order valence-corrected chi connectivity index (χ2v) is 18.3. The number of esters is 1. The predicted octanol–water partition coefficient (Wildman–Crippen LogP) is 7.51. The number of fused-ring (bicyclic) bond motifs is 2. The highest BCUT2D eigenvalue weighted by Gasteiger charge is 2.55. The second-order valence-electron chi connectivity index (χ2n) is 16.5. The van der Waals surface area contributed by atoms with E-state index in [-0.39, 0.29) is 62.1 Å². The first kappa shape index (κ1) is 47.1. The van der Waals surface area contributed by atoms with Crippen LogP contribution in [0.4, 0.5) is 28.9 Å². The molecule has 13 nitrogen and oxygen atoms in total. The van der Waals surface area contributed by atoms with Crippen LogP contribution < -0.4 is 9.80 Å². The normalized spacial score (nSPS) is 18.3. The highest BCUT2D eigenvalue weighted by Crippen LogP contribution is 2.36. The molecule has 350 valence electrons. The Bertz CT molecular complexity index is 3210. The average Bonchev–Trinajstić information content (AvgIpc) is 4.09. The van der Waals surface area contributed by atoms with Crippen molar-refractivity contribution in [3.8, 4) is 0 Å². The Balaban J connectivity index is 0.000000196. The molecule has 9 rings (SSSR count). The fourth-order valence-electron chi connectivity index (χ4n) is 8.64. The lowest BCUT2D eigenvalue weighted by atomic mass is 9.91. The minimum absolute atomic E-state index is 0.0205. The van der Waals surface area contributed by atoms with Gasteiger partial charge in [-0.1, -0.05) is 18.2 Å². The van der Waals surface area contributed by atoms with Gasteiger partial charge in [-0.2, -0.15) is 0 Å². The lowest BCUT2D eigenvalue weighted by molar-refractivity contribution is -0.169. The van der Waals surface area contributed by atoms with Crippen molar-refractivity contribution < 1.29 is 59.8 Å². The first-order valence-electron chi connectivity index (χ1n) is 21.4. The summed E-state index contributed by atoms with van der Waals surface area (Å²) in [7, 11) is -3.86. The zero-order valence-corrected chi connectivity index (χ0v) is 37.1. The Labute approximate surface area is 386 Å². The standard InChI is InChI=1S/C29H24F2N2O6S.C21H18F2N2O3/c1-19(34)39-29(27(35)10-7-20-15-22(30)18-23(31)16-20)12-14-32(28(29)36)24-8-9-26-21(17-24)11-13-33(26)40(37,38)25-5-3-2-4-6-25;22-15-9-13(10-16(23)12-15)1-4-19(26)21(28)6-8-25(20(21)27)17-2-3-18-14(11-17)5-7-24-18/h2-6,8-9,11,13,15-18H,7,10,12,14H2,1H3;2-3,5,7,9-12,24,28H,1,4,6,8H2. The number of ketones is 2. The van der Waals surface area contributed by atoms with E-state index in [9.17, 15) is 55.1 Å². The van der Waals surface area contributed by atoms with Gasteiger partial charge in [0.15, 0.2) is 11.6 Å². The Morgan fingerprint density at radius 2 is 1.24 bits per heavy atom. The van der Waals surface area contributed by atoms with E-state index in [1.165, 1.54) is 28.1 Å². The number of carbonyl (C=O) groups is 5. The molecule has 2 amide bonds. The van der Waals surface area contributed by atoms with Crippen LogP contribution in [-0.2, 0) is 51.6 Å². The summed E-state index contributed by atoms with van der Waals surface area (Å²) < 4.78 is 86.5. The number of benzene rings is 5. The number of hydrogen-bond donors (Lipinski definition) is 2. The van der Waals surface area contributed by atoms with Crippen LogP contribution >= 0.6 is 0 Å². The summed E-state index contributed by atoms with van der Waals surface area (Å²) in [5.41, 5.74) is -1.35. The van der Waals surface area contributed by atoms with Crippen molar-refractivity contribution in [3.05, 3.63) is 162 Å². The van der Waals surface area contributed by atoms with Crippen molar-refractivity contribution in [2.75, 3.05) is 22.9 Å². The summed E-state index contributed by atoms with van der Waals surface area (Å²) in [5.74, 6) is -6.60. The van der Waals surface area contributed by atoms with E-state index >= 15 is 0 Å². The molecule has 2 aromatic heterocycles. The molecule has 0 bridgehead atoms. The number of nitrogens with one attached hydrogen (secondary N) is 1. The number of ether oxygens (including phenoxy) is 1. The maximum absolute atomic E-state index is 13.6. The van der Waals surface area contributed by atoms with E-state index in [1.807, 2.05) is 18.2 Å². The van der Waals surface area contributed by atoms with Crippen LogP contribution in [0.5, 0.6) is 0 Å². The maximum Gasteiger partial charge on any atom is 0.304 e. The maximum atomic E-state index is 13.6. The van der Waals surface area contributed by atoms with Crippen molar-refractivity contribution >= 4 is 72.6 Å². The van der Waals surface area contributed by atoms with E-state index in [1.54, 1.807) is 54.7 Å². The molecule has 2 N–H and O–H groups in total. The minimum Gasteiger partial charge on any atom is -0.441 e. The third-order valence-electron chi connectivity index (χ3n) is 12.0. The van der Waals surface area contributed by atoms with Crippen molar-refractivity contribution in [3.63, 3.8) is 0 Å². The van der Waals surface area contributed by atoms with E-state index in [2.05, 4.69) is 4.98 Å². The molecule has 2 atom stereocenters. The van der Waals surface area contributed by atoms with Gasteiger partial charge in [0.05, 0.1) is 10.4 Å². The lowest BCUT2D eigenvalue weighted by Crippen LogP contribution is -2.50. The second kappa shape index (κ2) is 18.7. The van der Waals surface area contributed by atoms with Gasteiger partial charge >= 0.3 is 5.97 Å². The van der Waals surface area contributed by atoms with E-state index in [0.29, 0.717) is 33.9 Å². The van der Waals surface area contributed by atoms with Crippen molar-refractivity contribution in [1.82, 2.24) is 8.96 Å². The van der Waals surface area contributed by atoms with Crippen LogP contribution in [0, 0.1) is 23.3 Å². The molecule has 68 heavy (non-hydrogen) atoms. The zero-order chi connectivity index (χ0) is 48.5.